The van der Waals surface area contributed by atoms with Crippen molar-refractivity contribution in [2.45, 2.75) is 13.5 Å². The van der Waals surface area contributed by atoms with E-state index < -0.39 is 10.9 Å². The van der Waals surface area contributed by atoms with E-state index in [4.69, 9.17) is 23.2 Å². The van der Waals surface area contributed by atoms with E-state index in [0.717, 1.165) is 0 Å². The Morgan fingerprint density at radius 3 is 2.75 bits per heavy atom. The van der Waals surface area contributed by atoms with Crippen LogP contribution in [-0.4, -0.2) is 27.6 Å². The first-order valence-electron chi connectivity index (χ1n) is 6.75. The van der Waals surface area contributed by atoms with Gasteiger partial charge in [-0.3, -0.25) is 10.1 Å². The second-order valence-electron chi connectivity index (χ2n) is 4.81. The van der Waals surface area contributed by atoms with Crippen molar-refractivity contribution in [2.24, 2.45) is 0 Å². The van der Waals surface area contributed by atoms with Crippen LogP contribution in [0.2, 0.25) is 10.2 Å². The predicted molar refractivity (Wildman–Crippen MR) is 90.2 cm³/mol. The third-order valence-corrected chi connectivity index (χ3v) is 3.94. The zero-order valence-corrected chi connectivity index (χ0v) is 14.3. The van der Waals surface area contributed by atoms with Crippen molar-refractivity contribution in [2.75, 3.05) is 7.11 Å². The second-order valence-corrected chi connectivity index (χ2v) is 5.58. The van der Waals surface area contributed by atoms with Crippen LogP contribution >= 0.6 is 23.2 Å². The fourth-order valence-electron chi connectivity index (χ4n) is 2.07. The number of rotatable bonds is 5. The standard InChI is InChI=1S/C15H13Cl2N3O4/c1-9-18-15(17)13(5-6-14(21)24-2)19(9)8-10-3-4-11(20(22)23)7-12(10)16/h3-7H,8H2,1-2H3. The van der Waals surface area contributed by atoms with E-state index in [-0.39, 0.29) is 15.9 Å². The average molecular weight is 370 g/mol. The SMILES string of the molecule is COC(=O)C=Cc1c(Cl)nc(C)n1Cc1ccc([N+](=O)[O-])cc1Cl. The average Bonchev–Trinajstić information content (AvgIpc) is 2.80. The number of halogens is 2. The Hall–Kier alpha value is -2.38. The number of carbonyl (C=O) groups excluding carboxylic acids is 1. The molecule has 0 aliphatic carbocycles. The van der Waals surface area contributed by atoms with Crippen molar-refractivity contribution in [3.8, 4) is 0 Å². The van der Waals surface area contributed by atoms with Gasteiger partial charge in [0.05, 0.1) is 29.3 Å². The Labute approximate surface area is 147 Å². The summed E-state index contributed by atoms with van der Waals surface area (Å²) in [6, 6.07) is 4.23. The van der Waals surface area contributed by atoms with Crippen LogP contribution in [-0.2, 0) is 16.1 Å². The molecule has 0 atom stereocenters. The second kappa shape index (κ2) is 7.46. The number of hydrogen-bond acceptors (Lipinski definition) is 5. The molecule has 0 aliphatic rings. The highest BCUT2D eigenvalue weighted by Gasteiger charge is 2.15. The molecule has 0 saturated heterocycles. The van der Waals surface area contributed by atoms with Gasteiger partial charge in [0, 0.05) is 18.2 Å². The third kappa shape index (κ3) is 3.93. The summed E-state index contributed by atoms with van der Waals surface area (Å²) in [5.74, 6) is 0.0868. The number of aromatic nitrogens is 2. The highest BCUT2D eigenvalue weighted by molar-refractivity contribution is 6.31. The molecule has 0 radical (unpaired) electrons. The van der Waals surface area contributed by atoms with Gasteiger partial charge in [0.2, 0.25) is 0 Å². The number of carbonyl (C=O) groups is 1. The molecule has 0 spiro atoms. The van der Waals surface area contributed by atoms with Gasteiger partial charge >= 0.3 is 5.97 Å². The van der Waals surface area contributed by atoms with Crippen molar-refractivity contribution < 1.29 is 14.5 Å². The first-order valence-corrected chi connectivity index (χ1v) is 7.50. The first-order chi connectivity index (χ1) is 11.3. The number of aryl methyl sites for hydroxylation is 1. The number of imidazole rings is 1. The van der Waals surface area contributed by atoms with Crippen LogP contribution in [0.4, 0.5) is 5.69 Å². The van der Waals surface area contributed by atoms with Crippen LogP contribution in [0.3, 0.4) is 0 Å². The molecule has 2 rings (SSSR count). The minimum absolute atomic E-state index is 0.0880. The zero-order chi connectivity index (χ0) is 17.9. The van der Waals surface area contributed by atoms with Gasteiger partial charge in [-0.2, -0.15) is 0 Å². The van der Waals surface area contributed by atoms with Gasteiger partial charge in [0.1, 0.15) is 5.82 Å². The number of ether oxygens (including phenoxy) is 1. The Kier molecular flexibility index (Phi) is 5.58. The summed E-state index contributed by atoms with van der Waals surface area (Å²) >= 11 is 12.2. The van der Waals surface area contributed by atoms with E-state index in [1.54, 1.807) is 17.6 Å². The van der Waals surface area contributed by atoms with Crippen molar-refractivity contribution in [3.05, 3.63) is 61.6 Å². The fourth-order valence-corrected chi connectivity index (χ4v) is 2.59. The summed E-state index contributed by atoms with van der Waals surface area (Å²) in [7, 11) is 1.27. The van der Waals surface area contributed by atoms with Crippen LogP contribution in [0.5, 0.6) is 0 Å². The zero-order valence-electron chi connectivity index (χ0n) is 12.8. The van der Waals surface area contributed by atoms with Gasteiger partial charge in [-0.25, -0.2) is 9.78 Å². The minimum Gasteiger partial charge on any atom is -0.466 e. The summed E-state index contributed by atoms with van der Waals surface area (Å²) in [5.41, 5.74) is 1.08. The molecule has 0 aliphatic heterocycles. The van der Waals surface area contributed by atoms with Gasteiger partial charge < -0.3 is 9.30 Å². The van der Waals surface area contributed by atoms with Crippen molar-refractivity contribution in [3.63, 3.8) is 0 Å². The Balaban J connectivity index is 2.38. The number of non-ortho nitro benzene ring substituents is 1. The summed E-state index contributed by atoms with van der Waals surface area (Å²) < 4.78 is 6.29. The smallest absolute Gasteiger partial charge is 0.330 e. The highest BCUT2D eigenvalue weighted by atomic mass is 35.5. The fraction of sp³-hybridized carbons (Fsp3) is 0.200. The molecule has 24 heavy (non-hydrogen) atoms. The molecule has 9 heteroatoms. The molecule has 1 heterocycles. The van der Waals surface area contributed by atoms with Gasteiger partial charge in [-0.1, -0.05) is 23.2 Å². The molecular weight excluding hydrogens is 357 g/mol. The van der Waals surface area contributed by atoms with Crippen LogP contribution < -0.4 is 0 Å². The molecule has 7 nitrogen and oxygen atoms in total. The number of nitrogens with zero attached hydrogens (tertiary/aromatic N) is 3. The summed E-state index contributed by atoms with van der Waals surface area (Å²) in [6.07, 6.45) is 2.73. The molecule has 0 bridgehead atoms. The Bertz CT molecular complexity index is 830. The van der Waals surface area contributed by atoms with E-state index >= 15 is 0 Å². The number of hydrogen-bond donors (Lipinski definition) is 0. The number of benzene rings is 1. The molecule has 0 amide bonds. The van der Waals surface area contributed by atoms with E-state index in [2.05, 4.69) is 9.72 Å². The van der Waals surface area contributed by atoms with Gasteiger partial charge in [-0.15, -0.1) is 0 Å². The number of nitro groups is 1. The first kappa shape index (κ1) is 18.0. The molecular formula is C15H13Cl2N3O4. The topological polar surface area (TPSA) is 87.3 Å². The number of esters is 1. The lowest BCUT2D eigenvalue weighted by Crippen LogP contribution is -2.05. The van der Waals surface area contributed by atoms with Gasteiger partial charge in [0.15, 0.2) is 5.15 Å². The maximum atomic E-state index is 11.3. The highest BCUT2D eigenvalue weighted by Crippen LogP contribution is 2.26. The van der Waals surface area contributed by atoms with Crippen LogP contribution in [0, 0.1) is 17.0 Å². The molecule has 1 aromatic carbocycles. The van der Waals surface area contributed by atoms with E-state index in [1.807, 2.05) is 0 Å². The van der Waals surface area contributed by atoms with E-state index in [9.17, 15) is 14.9 Å². The number of nitro benzene ring substituents is 1. The van der Waals surface area contributed by atoms with Crippen molar-refractivity contribution >= 4 is 40.9 Å². The summed E-state index contributed by atoms with van der Waals surface area (Å²) in [4.78, 5) is 25.7. The molecule has 0 unspecified atom stereocenters. The van der Waals surface area contributed by atoms with Gasteiger partial charge in [0.25, 0.3) is 5.69 Å². The minimum atomic E-state index is -0.523. The van der Waals surface area contributed by atoms with E-state index in [0.29, 0.717) is 23.6 Å². The van der Waals surface area contributed by atoms with Crippen LogP contribution in [0.1, 0.15) is 17.1 Å². The van der Waals surface area contributed by atoms with Crippen LogP contribution in [0.15, 0.2) is 24.3 Å². The lowest BCUT2D eigenvalue weighted by atomic mass is 10.2. The maximum absolute atomic E-state index is 11.3. The molecule has 1 aromatic heterocycles. The quantitative estimate of drug-likeness (QED) is 0.347. The third-order valence-electron chi connectivity index (χ3n) is 3.31. The summed E-state index contributed by atoms with van der Waals surface area (Å²) in [5, 5.41) is 11.3. The largest absolute Gasteiger partial charge is 0.466 e. The molecule has 0 fully saturated rings. The molecule has 2 aromatic rings. The van der Waals surface area contributed by atoms with E-state index in [1.165, 1.54) is 31.4 Å². The molecule has 126 valence electrons. The molecule has 0 saturated carbocycles. The maximum Gasteiger partial charge on any atom is 0.330 e. The van der Waals surface area contributed by atoms with Gasteiger partial charge in [-0.05, 0) is 24.6 Å². The van der Waals surface area contributed by atoms with Crippen molar-refractivity contribution in [1.29, 1.82) is 0 Å². The Morgan fingerprint density at radius 1 is 1.46 bits per heavy atom. The summed E-state index contributed by atoms with van der Waals surface area (Å²) in [6.45, 7) is 2.05. The van der Waals surface area contributed by atoms with Crippen molar-refractivity contribution in [1.82, 2.24) is 9.55 Å². The van der Waals surface area contributed by atoms with Crippen LogP contribution in [0.25, 0.3) is 6.08 Å². The molecule has 0 N–H and O–H groups in total. The predicted octanol–water partition coefficient (Wildman–Crippen LogP) is 3.64. The normalized spacial score (nSPS) is 11.0. The monoisotopic (exact) mass is 369 g/mol. The Morgan fingerprint density at radius 2 is 2.17 bits per heavy atom. The lowest BCUT2D eigenvalue weighted by Gasteiger charge is -2.10. The lowest BCUT2D eigenvalue weighted by molar-refractivity contribution is -0.384. The number of methoxy groups -OCH3 is 1.